The lowest BCUT2D eigenvalue weighted by molar-refractivity contribution is 0.0774. The highest BCUT2D eigenvalue weighted by Gasteiger charge is 2.22. The molecule has 0 saturated carbocycles. The Labute approximate surface area is 126 Å². The predicted molar refractivity (Wildman–Crippen MR) is 84.9 cm³/mol. The summed E-state index contributed by atoms with van der Waals surface area (Å²) in [5.41, 5.74) is 6.94. The molecule has 1 aliphatic rings. The summed E-state index contributed by atoms with van der Waals surface area (Å²) in [5, 5.41) is 0. The Morgan fingerprint density at radius 1 is 1.43 bits per heavy atom. The molecule has 0 bridgehead atoms. The number of hydrogen-bond donors (Lipinski definition) is 1. The van der Waals surface area contributed by atoms with Gasteiger partial charge in [-0.25, -0.2) is 0 Å². The molecule has 0 aromatic heterocycles. The van der Waals surface area contributed by atoms with Crippen LogP contribution in [0.3, 0.4) is 0 Å². The van der Waals surface area contributed by atoms with Crippen molar-refractivity contribution in [3.63, 3.8) is 0 Å². The van der Waals surface area contributed by atoms with Crippen LogP contribution in [0.2, 0.25) is 0 Å². The van der Waals surface area contributed by atoms with Crippen LogP contribution in [0.4, 0.5) is 0 Å². The highest BCUT2D eigenvalue weighted by molar-refractivity contribution is 5.94. The van der Waals surface area contributed by atoms with Crippen LogP contribution in [-0.4, -0.2) is 56.0 Å². The minimum Gasteiger partial charge on any atom is -0.341 e. The first kappa shape index (κ1) is 15.6. The van der Waals surface area contributed by atoms with E-state index in [0.717, 1.165) is 25.2 Å². The van der Waals surface area contributed by atoms with E-state index < -0.39 is 0 Å². The van der Waals surface area contributed by atoms with Crippen LogP contribution >= 0.6 is 0 Å². The fourth-order valence-electron chi connectivity index (χ4n) is 2.72. The van der Waals surface area contributed by atoms with E-state index in [4.69, 9.17) is 5.73 Å². The Morgan fingerprint density at radius 2 is 2.14 bits per heavy atom. The minimum atomic E-state index is 0.0721. The third-order valence-corrected chi connectivity index (χ3v) is 3.83. The largest absolute Gasteiger partial charge is 0.341 e. The maximum Gasteiger partial charge on any atom is 0.253 e. The number of nitrogens with zero attached hydrogens (tertiary/aromatic N) is 2. The zero-order valence-electron chi connectivity index (χ0n) is 12.8. The van der Waals surface area contributed by atoms with Gasteiger partial charge in [0.1, 0.15) is 0 Å². The van der Waals surface area contributed by atoms with Crippen molar-refractivity contribution in [1.82, 2.24) is 9.80 Å². The van der Waals surface area contributed by atoms with Crippen molar-refractivity contribution in [1.29, 1.82) is 0 Å². The topological polar surface area (TPSA) is 49.6 Å². The van der Waals surface area contributed by atoms with Crippen LogP contribution in [0.1, 0.15) is 22.3 Å². The van der Waals surface area contributed by atoms with Crippen molar-refractivity contribution >= 4 is 5.91 Å². The molecule has 0 radical (unpaired) electrons. The molecular formula is C17H23N3O. The van der Waals surface area contributed by atoms with Gasteiger partial charge >= 0.3 is 0 Å². The summed E-state index contributed by atoms with van der Waals surface area (Å²) in [5.74, 6) is 6.42. The Balaban J connectivity index is 1.95. The minimum absolute atomic E-state index is 0.0721. The van der Waals surface area contributed by atoms with Crippen molar-refractivity contribution < 1.29 is 4.79 Å². The molecule has 4 nitrogen and oxygen atoms in total. The second kappa shape index (κ2) is 7.26. The van der Waals surface area contributed by atoms with E-state index >= 15 is 0 Å². The summed E-state index contributed by atoms with van der Waals surface area (Å²) >= 11 is 0. The number of hydrogen-bond acceptors (Lipinski definition) is 3. The fourth-order valence-corrected chi connectivity index (χ4v) is 2.72. The molecule has 1 saturated heterocycles. The van der Waals surface area contributed by atoms with E-state index in [2.05, 4.69) is 23.8 Å². The van der Waals surface area contributed by atoms with Gasteiger partial charge in [0.2, 0.25) is 0 Å². The normalized spacial score (nSPS) is 18.1. The van der Waals surface area contributed by atoms with Crippen molar-refractivity contribution in [3.05, 3.63) is 35.4 Å². The highest BCUT2D eigenvalue weighted by atomic mass is 16.2. The smallest absolute Gasteiger partial charge is 0.253 e. The maximum atomic E-state index is 12.4. The summed E-state index contributed by atoms with van der Waals surface area (Å²) in [6, 6.07) is 7.40. The Hall–Kier alpha value is -1.83. The lowest BCUT2D eigenvalue weighted by Gasteiger charge is -2.21. The first-order chi connectivity index (χ1) is 10.1. The van der Waals surface area contributed by atoms with Gasteiger partial charge in [0.25, 0.3) is 5.91 Å². The van der Waals surface area contributed by atoms with E-state index in [1.54, 1.807) is 0 Å². The van der Waals surface area contributed by atoms with Gasteiger partial charge in [-0.05, 0) is 50.2 Å². The number of nitrogens with two attached hydrogens (primary N) is 1. The summed E-state index contributed by atoms with van der Waals surface area (Å²) < 4.78 is 0. The van der Waals surface area contributed by atoms with Gasteiger partial charge in [-0.3, -0.25) is 4.79 Å². The number of benzene rings is 1. The Morgan fingerprint density at radius 3 is 2.71 bits per heavy atom. The van der Waals surface area contributed by atoms with Crippen LogP contribution < -0.4 is 5.73 Å². The van der Waals surface area contributed by atoms with Crippen LogP contribution in [0.25, 0.3) is 0 Å². The first-order valence-corrected chi connectivity index (χ1v) is 7.33. The molecule has 1 aliphatic heterocycles. The zero-order chi connectivity index (χ0) is 15.2. The number of rotatable bonds is 3. The number of carbonyl (C=O) groups excluding carboxylic acids is 1. The molecular weight excluding hydrogens is 262 g/mol. The molecule has 4 heteroatoms. The molecule has 1 atom stereocenters. The van der Waals surface area contributed by atoms with Gasteiger partial charge < -0.3 is 15.5 Å². The quantitative estimate of drug-likeness (QED) is 0.844. The number of amides is 1. The van der Waals surface area contributed by atoms with Crippen LogP contribution in [0, 0.1) is 17.8 Å². The van der Waals surface area contributed by atoms with Gasteiger partial charge in [0, 0.05) is 31.3 Å². The molecule has 112 valence electrons. The summed E-state index contributed by atoms with van der Waals surface area (Å²) in [4.78, 5) is 16.5. The van der Waals surface area contributed by atoms with Crippen molar-refractivity contribution in [2.45, 2.75) is 6.42 Å². The van der Waals surface area contributed by atoms with Crippen molar-refractivity contribution in [2.24, 2.45) is 11.7 Å². The molecule has 2 rings (SSSR count). The number of carbonyl (C=O) groups is 1. The molecule has 1 amide bonds. The lowest BCUT2D eigenvalue weighted by atomic mass is 10.1. The summed E-state index contributed by atoms with van der Waals surface area (Å²) in [6.07, 6.45) is 1.17. The second-order valence-corrected chi connectivity index (χ2v) is 5.69. The van der Waals surface area contributed by atoms with Crippen LogP contribution in [0.5, 0.6) is 0 Å². The SMILES string of the molecule is CN1CCC(CN(C)C(=O)c2ccc(C#CCN)cc2)C1. The zero-order valence-corrected chi connectivity index (χ0v) is 12.8. The van der Waals surface area contributed by atoms with E-state index in [9.17, 15) is 4.79 Å². The van der Waals surface area contributed by atoms with E-state index in [1.807, 2.05) is 36.2 Å². The van der Waals surface area contributed by atoms with Gasteiger partial charge in [-0.2, -0.15) is 0 Å². The summed E-state index contributed by atoms with van der Waals surface area (Å²) in [7, 11) is 4.01. The van der Waals surface area contributed by atoms with Crippen LogP contribution in [0.15, 0.2) is 24.3 Å². The molecule has 21 heavy (non-hydrogen) atoms. The third kappa shape index (κ3) is 4.32. The van der Waals surface area contributed by atoms with E-state index in [1.165, 1.54) is 6.42 Å². The molecule has 0 spiro atoms. The first-order valence-electron chi connectivity index (χ1n) is 7.33. The summed E-state index contributed by atoms with van der Waals surface area (Å²) in [6.45, 7) is 3.36. The predicted octanol–water partition coefficient (Wildman–Crippen LogP) is 1.02. The Bertz CT molecular complexity index is 541. The van der Waals surface area contributed by atoms with Gasteiger partial charge in [-0.1, -0.05) is 11.8 Å². The van der Waals surface area contributed by atoms with E-state index in [-0.39, 0.29) is 5.91 Å². The average molecular weight is 285 g/mol. The van der Waals surface area contributed by atoms with Crippen molar-refractivity contribution in [2.75, 3.05) is 40.3 Å². The highest BCUT2D eigenvalue weighted by Crippen LogP contribution is 2.16. The average Bonchev–Trinajstić information content (AvgIpc) is 2.90. The molecule has 1 heterocycles. The number of likely N-dealkylation sites (tertiary alicyclic amines) is 1. The molecule has 1 unspecified atom stereocenters. The molecule has 2 N–H and O–H groups in total. The monoisotopic (exact) mass is 285 g/mol. The van der Waals surface area contributed by atoms with Crippen LogP contribution in [-0.2, 0) is 0 Å². The fraction of sp³-hybridized carbons (Fsp3) is 0.471. The van der Waals surface area contributed by atoms with E-state index in [0.29, 0.717) is 18.0 Å². The third-order valence-electron chi connectivity index (χ3n) is 3.83. The maximum absolute atomic E-state index is 12.4. The van der Waals surface area contributed by atoms with Gasteiger partial charge in [-0.15, -0.1) is 0 Å². The van der Waals surface area contributed by atoms with Crippen molar-refractivity contribution in [3.8, 4) is 11.8 Å². The molecule has 1 fully saturated rings. The standard InChI is InChI=1S/C17H23N3O/c1-19-11-9-15(12-19)13-20(2)17(21)16-7-5-14(6-8-16)4-3-10-18/h5-8,15H,9-13,18H2,1-2H3. The molecule has 1 aromatic carbocycles. The second-order valence-electron chi connectivity index (χ2n) is 5.69. The van der Waals surface area contributed by atoms with Gasteiger partial charge in [0.05, 0.1) is 6.54 Å². The molecule has 0 aliphatic carbocycles. The van der Waals surface area contributed by atoms with Gasteiger partial charge in [0.15, 0.2) is 0 Å². The molecule has 1 aromatic rings. The Kier molecular flexibility index (Phi) is 5.38. The lowest BCUT2D eigenvalue weighted by Crippen LogP contribution is -2.32.